The molecule has 6 nitrogen and oxygen atoms in total. The predicted molar refractivity (Wildman–Crippen MR) is 108 cm³/mol. The third kappa shape index (κ3) is 4.02. The Bertz CT molecular complexity index is 812. The van der Waals surface area contributed by atoms with Gasteiger partial charge in [-0.05, 0) is 52.9 Å². The number of benzene rings is 1. The van der Waals surface area contributed by atoms with Crippen molar-refractivity contribution in [2.75, 3.05) is 38.6 Å². The number of likely N-dealkylation sites (N-methyl/N-ethyl adjacent to an activating group) is 1. The number of hydrogen-bond acceptors (Lipinski definition) is 5. The van der Waals surface area contributed by atoms with Crippen LogP contribution in [0.1, 0.15) is 23.7 Å². The molecular formula is C20H28N6. The van der Waals surface area contributed by atoms with Gasteiger partial charge in [0.05, 0.1) is 11.5 Å². The molecule has 0 amide bonds. The lowest BCUT2D eigenvalue weighted by Crippen LogP contribution is -2.29. The molecule has 0 unspecified atom stereocenters. The van der Waals surface area contributed by atoms with Crippen LogP contribution in [0, 0.1) is 13.8 Å². The summed E-state index contributed by atoms with van der Waals surface area (Å²) in [5.41, 5.74) is 5.63. The lowest BCUT2D eigenvalue weighted by atomic mass is 10.1. The molecule has 0 fully saturated rings. The summed E-state index contributed by atoms with van der Waals surface area (Å²) in [6.45, 7) is 8.86. The second-order valence-electron chi connectivity index (χ2n) is 7.09. The van der Waals surface area contributed by atoms with E-state index >= 15 is 0 Å². The van der Waals surface area contributed by atoms with Crippen LogP contribution in [-0.2, 0) is 6.42 Å². The molecule has 138 valence electrons. The van der Waals surface area contributed by atoms with Crippen LogP contribution in [0.2, 0.25) is 0 Å². The van der Waals surface area contributed by atoms with Crippen LogP contribution in [0.4, 0.5) is 17.2 Å². The molecule has 1 aliphatic heterocycles. The molecule has 0 radical (unpaired) electrons. The van der Waals surface area contributed by atoms with Crippen molar-refractivity contribution in [1.82, 2.24) is 20.2 Å². The van der Waals surface area contributed by atoms with Crippen LogP contribution in [0.25, 0.3) is 0 Å². The minimum atomic E-state index is 0.843. The van der Waals surface area contributed by atoms with E-state index < -0.39 is 0 Å². The van der Waals surface area contributed by atoms with Crippen molar-refractivity contribution in [3.05, 3.63) is 41.3 Å². The number of amidine groups is 1. The van der Waals surface area contributed by atoms with E-state index in [-0.39, 0.29) is 0 Å². The maximum absolute atomic E-state index is 4.81. The summed E-state index contributed by atoms with van der Waals surface area (Å²) in [6.07, 6.45) is 2.66. The van der Waals surface area contributed by atoms with E-state index in [1.165, 1.54) is 16.8 Å². The summed E-state index contributed by atoms with van der Waals surface area (Å²) < 4.78 is 0. The topological polar surface area (TPSA) is 56.7 Å². The number of fused-ring (bicyclic) bond motifs is 1. The summed E-state index contributed by atoms with van der Waals surface area (Å²) in [4.78, 5) is 18.2. The Kier molecular flexibility index (Phi) is 5.52. The number of anilines is 2. The van der Waals surface area contributed by atoms with Crippen molar-refractivity contribution < 1.29 is 0 Å². The van der Waals surface area contributed by atoms with Gasteiger partial charge < -0.3 is 15.1 Å². The van der Waals surface area contributed by atoms with Crippen molar-refractivity contribution in [3.8, 4) is 0 Å². The number of nitrogens with zero attached hydrogens (tertiary/aromatic N) is 5. The fraction of sp³-hybridized carbons (Fsp3) is 0.450. The zero-order valence-electron chi connectivity index (χ0n) is 16.4. The van der Waals surface area contributed by atoms with Crippen LogP contribution in [0.5, 0.6) is 0 Å². The van der Waals surface area contributed by atoms with Gasteiger partial charge in [-0.25, -0.2) is 15.0 Å². The van der Waals surface area contributed by atoms with E-state index in [0.29, 0.717) is 0 Å². The van der Waals surface area contributed by atoms with Gasteiger partial charge in [0.1, 0.15) is 12.0 Å². The van der Waals surface area contributed by atoms with Gasteiger partial charge in [0, 0.05) is 25.3 Å². The third-order valence-corrected chi connectivity index (χ3v) is 4.59. The monoisotopic (exact) mass is 352 g/mol. The number of aliphatic imine (C=N–C) groups is 1. The van der Waals surface area contributed by atoms with Crippen molar-refractivity contribution in [1.29, 1.82) is 0 Å². The van der Waals surface area contributed by atoms with E-state index in [1.807, 2.05) is 13.8 Å². The van der Waals surface area contributed by atoms with E-state index in [1.54, 1.807) is 6.33 Å². The molecule has 26 heavy (non-hydrogen) atoms. The standard InChI is InChI=1S/C20H28N6/c1-14-6-7-18-17(12-14)8-10-26(18)20-19(15(2)22-13-23-20)24-16(3)21-9-11-25(4)5/h6-7,12-13H,8-11H2,1-5H3,(H,21,24). The highest BCUT2D eigenvalue weighted by atomic mass is 15.2. The maximum Gasteiger partial charge on any atom is 0.162 e. The number of rotatable bonds is 5. The molecule has 2 aromatic rings. The first-order chi connectivity index (χ1) is 12.5. The first-order valence-corrected chi connectivity index (χ1v) is 9.08. The normalized spacial score (nSPS) is 14.1. The summed E-state index contributed by atoms with van der Waals surface area (Å²) in [5, 5.41) is 3.37. The highest BCUT2D eigenvalue weighted by Crippen LogP contribution is 2.39. The smallest absolute Gasteiger partial charge is 0.162 e. The van der Waals surface area contributed by atoms with Crippen LogP contribution in [-0.4, -0.2) is 54.4 Å². The van der Waals surface area contributed by atoms with E-state index in [4.69, 9.17) is 4.99 Å². The van der Waals surface area contributed by atoms with E-state index in [2.05, 4.69) is 64.3 Å². The van der Waals surface area contributed by atoms with Gasteiger partial charge in [0.2, 0.25) is 0 Å². The third-order valence-electron chi connectivity index (χ3n) is 4.59. The highest BCUT2D eigenvalue weighted by molar-refractivity contribution is 5.86. The lowest BCUT2D eigenvalue weighted by Gasteiger charge is -2.21. The molecule has 1 aromatic carbocycles. The van der Waals surface area contributed by atoms with Crippen LogP contribution in [0.15, 0.2) is 29.5 Å². The largest absolute Gasteiger partial charge is 0.372 e. The molecule has 0 saturated carbocycles. The number of nitrogens with one attached hydrogen (secondary N) is 1. The SMILES string of the molecule is C/C(=N\c1c(C)ncnc1N1CCc2cc(C)ccc21)NCCN(C)C. The van der Waals surface area contributed by atoms with Crippen LogP contribution >= 0.6 is 0 Å². The molecule has 1 N–H and O–H groups in total. The molecule has 1 aromatic heterocycles. The number of aromatic nitrogens is 2. The quantitative estimate of drug-likeness (QED) is 0.662. The van der Waals surface area contributed by atoms with Gasteiger partial charge in [-0.15, -0.1) is 0 Å². The summed E-state index contributed by atoms with van der Waals surface area (Å²) in [7, 11) is 4.13. The Morgan fingerprint density at radius 1 is 1.27 bits per heavy atom. The number of hydrogen-bond donors (Lipinski definition) is 1. The maximum atomic E-state index is 4.81. The molecule has 0 atom stereocenters. The predicted octanol–water partition coefficient (Wildman–Crippen LogP) is 2.99. The van der Waals surface area contributed by atoms with Gasteiger partial charge in [-0.3, -0.25) is 0 Å². The van der Waals surface area contributed by atoms with Gasteiger partial charge >= 0.3 is 0 Å². The van der Waals surface area contributed by atoms with Gasteiger partial charge in [-0.2, -0.15) is 0 Å². The minimum absolute atomic E-state index is 0.843. The summed E-state index contributed by atoms with van der Waals surface area (Å²) in [5.74, 6) is 1.77. The van der Waals surface area contributed by atoms with E-state index in [0.717, 1.165) is 49.1 Å². The molecule has 1 aliphatic rings. The molecule has 0 spiro atoms. The van der Waals surface area contributed by atoms with Gasteiger partial charge in [0.15, 0.2) is 5.82 Å². The zero-order chi connectivity index (χ0) is 18.7. The fourth-order valence-electron chi connectivity index (χ4n) is 3.20. The molecule has 6 heteroatoms. The Morgan fingerprint density at radius 2 is 2.08 bits per heavy atom. The second-order valence-corrected chi connectivity index (χ2v) is 7.09. The molecule has 0 aliphatic carbocycles. The van der Waals surface area contributed by atoms with Crippen LogP contribution < -0.4 is 10.2 Å². The Balaban J connectivity index is 1.90. The van der Waals surface area contributed by atoms with Crippen molar-refractivity contribution >= 4 is 23.0 Å². The average molecular weight is 352 g/mol. The van der Waals surface area contributed by atoms with Gasteiger partial charge in [-0.1, -0.05) is 17.7 Å². The average Bonchev–Trinajstić information content (AvgIpc) is 2.99. The molecule has 3 rings (SSSR count). The second kappa shape index (κ2) is 7.83. The molecule has 2 heterocycles. The highest BCUT2D eigenvalue weighted by Gasteiger charge is 2.24. The Hall–Kier alpha value is -2.47. The fourth-order valence-corrected chi connectivity index (χ4v) is 3.20. The summed E-state index contributed by atoms with van der Waals surface area (Å²) >= 11 is 0. The van der Waals surface area contributed by atoms with Crippen LogP contribution in [0.3, 0.4) is 0 Å². The molecular weight excluding hydrogens is 324 g/mol. The first kappa shape index (κ1) is 18.3. The first-order valence-electron chi connectivity index (χ1n) is 9.08. The molecule has 0 saturated heterocycles. The van der Waals surface area contributed by atoms with Crippen molar-refractivity contribution in [2.45, 2.75) is 27.2 Å². The number of aryl methyl sites for hydroxylation is 2. The Morgan fingerprint density at radius 3 is 2.85 bits per heavy atom. The van der Waals surface area contributed by atoms with Gasteiger partial charge in [0.25, 0.3) is 0 Å². The minimum Gasteiger partial charge on any atom is -0.372 e. The zero-order valence-corrected chi connectivity index (χ0v) is 16.4. The van der Waals surface area contributed by atoms with Crippen molar-refractivity contribution in [2.24, 2.45) is 4.99 Å². The Labute approximate surface area is 156 Å². The molecule has 0 bridgehead atoms. The van der Waals surface area contributed by atoms with E-state index in [9.17, 15) is 0 Å². The van der Waals surface area contributed by atoms with Crippen molar-refractivity contribution in [3.63, 3.8) is 0 Å². The summed E-state index contributed by atoms with van der Waals surface area (Å²) in [6, 6.07) is 6.60. The lowest BCUT2D eigenvalue weighted by molar-refractivity contribution is 0.412.